The van der Waals surface area contributed by atoms with E-state index in [4.69, 9.17) is 18.9 Å². The number of carboxylic acids is 1. The number of rotatable bonds is 6. The van der Waals surface area contributed by atoms with Crippen LogP contribution in [-0.2, 0) is 16.1 Å². The molecular weight excluding hydrogens is 324 g/mol. The largest absolute Gasteiger partial charge is 0.497 e. The van der Waals surface area contributed by atoms with E-state index in [1.54, 1.807) is 20.1 Å². The van der Waals surface area contributed by atoms with E-state index in [1.165, 1.54) is 18.6 Å². The first-order chi connectivity index (χ1) is 12.1. The van der Waals surface area contributed by atoms with Gasteiger partial charge in [-0.1, -0.05) is 12.1 Å². The van der Waals surface area contributed by atoms with Gasteiger partial charge in [-0.3, -0.25) is 0 Å². The predicted molar refractivity (Wildman–Crippen MR) is 89.5 cm³/mol. The van der Waals surface area contributed by atoms with Gasteiger partial charge in [0.1, 0.15) is 30.6 Å². The number of aromatic carboxylic acids is 1. The molecule has 0 saturated carbocycles. The minimum atomic E-state index is -1.02. The molecule has 0 spiro atoms. The van der Waals surface area contributed by atoms with Crippen LogP contribution in [0.2, 0.25) is 0 Å². The maximum Gasteiger partial charge on any atom is 0.335 e. The van der Waals surface area contributed by atoms with E-state index >= 15 is 0 Å². The second-order valence-electron chi connectivity index (χ2n) is 5.53. The van der Waals surface area contributed by atoms with Gasteiger partial charge in [-0.15, -0.1) is 0 Å². The van der Waals surface area contributed by atoms with Crippen LogP contribution in [0, 0.1) is 6.92 Å². The average Bonchev–Trinajstić information content (AvgIpc) is 3.15. The first-order valence-electron chi connectivity index (χ1n) is 7.68. The molecule has 25 heavy (non-hydrogen) atoms. The van der Waals surface area contributed by atoms with Crippen LogP contribution in [0.4, 0.5) is 0 Å². The van der Waals surface area contributed by atoms with Crippen molar-refractivity contribution in [3.63, 3.8) is 0 Å². The monoisotopic (exact) mass is 342 g/mol. The van der Waals surface area contributed by atoms with Crippen molar-refractivity contribution in [2.75, 3.05) is 7.11 Å². The molecule has 6 heteroatoms. The van der Waals surface area contributed by atoms with E-state index in [2.05, 4.69) is 0 Å². The number of carbonyl (C=O) groups is 1. The quantitative estimate of drug-likeness (QED) is 0.861. The summed E-state index contributed by atoms with van der Waals surface area (Å²) in [7, 11) is 1.61. The van der Waals surface area contributed by atoms with Crippen molar-refractivity contribution in [3.05, 3.63) is 71.2 Å². The molecule has 1 heterocycles. The molecule has 3 rings (SSSR count). The topological polar surface area (TPSA) is 74.2 Å². The molecule has 0 amide bonds. The highest BCUT2D eigenvalue weighted by Crippen LogP contribution is 2.36. The Hall–Kier alpha value is -3.15. The fourth-order valence-electron chi connectivity index (χ4n) is 2.56. The Balaban J connectivity index is 1.86. The predicted octanol–water partition coefficient (Wildman–Crippen LogP) is 3.80. The third kappa shape index (κ3) is 3.68. The van der Waals surface area contributed by atoms with Crippen molar-refractivity contribution in [1.82, 2.24) is 0 Å². The second kappa shape index (κ2) is 7.17. The van der Waals surface area contributed by atoms with Gasteiger partial charge in [-0.25, -0.2) is 4.79 Å². The molecule has 0 unspecified atom stereocenters. The first kappa shape index (κ1) is 16.7. The molecule has 0 bridgehead atoms. The van der Waals surface area contributed by atoms with E-state index in [-0.39, 0.29) is 5.56 Å². The van der Waals surface area contributed by atoms with Crippen LogP contribution >= 0.6 is 0 Å². The molecule has 2 aromatic rings. The number of aryl methyl sites for hydroxylation is 1. The lowest BCUT2D eigenvalue weighted by atomic mass is 10.0. The fourth-order valence-corrected chi connectivity index (χ4v) is 2.56. The van der Waals surface area contributed by atoms with Crippen LogP contribution in [0.1, 0.15) is 33.3 Å². The minimum Gasteiger partial charge on any atom is -0.497 e. The van der Waals surface area contributed by atoms with Crippen LogP contribution in [0.5, 0.6) is 11.5 Å². The van der Waals surface area contributed by atoms with Gasteiger partial charge >= 0.3 is 5.97 Å². The summed E-state index contributed by atoms with van der Waals surface area (Å²) in [4.78, 5) is 11.3. The highest BCUT2D eigenvalue weighted by Gasteiger charge is 2.24. The lowest BCUT2D eigenvalue weighted by molar-refractivity contribution is -0.0266. The van der Waals surface area contributed by atoms with Gasteiger partial charge in [0.15, 0.2) is 0 Å². The maximum atomic E-state index is 11.3. The highest BCUT2D eigenvalue weighted by molar-refractivity contribution is 5.88. The van der Waals surface area contributed by atoms with Crippen molar-refractivity contribution < 1.29 is 28.8 Å². The maximum absolute atomic E-state index is 11.3. The van der Waals surface area contributed by atoms with E-state index in [0.717, 1.165) is 11.3 Å². The first-order valence-corrected chi connectivity index (χ1v) is 7.68. The lowest BCUT2D eigenvalue weighted by Crippen LogP contribution is -2.08. The third-order valence-electron chi connectivity index (χ3n) is 3.81. The molecule has 0 atom stereocenters. The van der Waals surface area contributed by atoms with E-state index in [0.29, 0.717) is 23.5 Å². The van der Waals surface area contributed by atoms with Gasteiger partial charge in [-0.05, 0) is 42.3 Å². The van der Waals surface area contributed by atoms with Gasteiger partial charge < -0.3 is 24.1 Å². The molecule has 0 fully saturated rings. The molecule has 0 aromatic heterocycles. The molecule has 6 nitrogen and oxygen atoms in total. The summed E-state index contributed by atoms with van der Waals surface area (Å²) in [6.45, 7) is 2.12. The van der Waals surface area contributed by atoms with Crippen LogP contribution in [0.25, 0.3) is 0 Å². The van der Waals surface area contributed by atoms with E-state index in [1.807, 2.05) is 24.3 Å². The zero-order valence-electron chi connectivity index (χ0n) is 13.9. The standard InChI is InChI=1S/C19H18O6/c1-12-9-14(18(20)21)10-16(19-23-7-8-24-19)17(12)25-11-13-3-5-15(22-2)6-4-13/h3-10,19H,11H2,1-2H3,(H,20,21). The van der Waals surface area contributed by atoms with Gasteiger partial charge in [0.05, 0.1) is 18.2 Å². The van der Waals surface area contributed by atoms with Crippen molar-refractivity contribution in [2.24, 2.45) is 0 Å². The Morgan fingerprint density at radius 1 is 1.16 bits per heavy atom. The van der Waals surface area contributed by atoms with Gasteiger partial charge in [0.25, 0.3) is 6.29 Å². The summed E-state index contributed by atoms with van der Waals surface area (Å²) in [5.74, 6) is 0.303. The third-order valence-corrected chi connectivity index (χ3v) is 3.81. The van der Waals surface area contributed by atoms with Crippen LogP contribution < -0.4 is 9.47 Å². The fraction of sp³-hybridized carbons (Fsp3) is 0.211. The highest BCUT2D eigenvalue weighted by atomic mass is 16.7. The van der Waals surface area contributed by atoms with E-state index in [9.17, 15) is 9.90 Å². The molecule has 1 N–H and O–H groups in total. The molecule has 1 aliphatic heterocycles. The van der Waals surface area contributed by atoms with E-state index < -0.39 is 12.3 Å². The van der Waals surface area contributed by atoms with Crippen molar-refractivity contribution in [2.45, 2.75) is 19.8 Å². The number of hydrogen-bond acceptors (Lipinski definition) is 5. The molecule has 2 aromatic carbocycles. The summed E-state index contributed by atoms with van der Waals surface area (Å²) in [5.41, 5.74) is 2.35. The smallest absolute Gasteiger partial charge is 0.335 e. The Bertz CT molecular complexity index is 786. The molecule has 0 saturated heterocycles. The molecule has 0 aliphatic carbocycles. The summed E-state index contributed by atoms with van der Waals surface area (Å²) >= 11 is 0. The van der Waals surface area contributed by atoms with Crippen molar-refractivity contribution in [3.8, 4) is 11.5 Å². The van der Waals surface area contributed by atoms with Crippen LogP contribution in [-0.4, -0.2) is 18.2 Å². The molecule has 0 radical (unpaired) electrons. The summed E-state index contributed by atoms with van der Waals surface area (Å²) in [6.07, 6.45) is 2.12. The van der Waals surface area contributed by atoms with Crippen molar-refractivity contribution in [1.29, 1.82) is 0 Å². The zero-order valence-corrected chi connectivity index (χ0v) is 13.9. The molecule has 130 valence electrons. The Labute approximate surface area is 145 Å². The Morgan fingerprint density at radius 3 is 2.44 bits per heavy atom. The van der Waals surface area contributed by atoms with Crippen molar-refractivity contribution >= 4 is 5.97 Å². The summed E-state index contributed by atoms with van der Waals surface area (Å²) in [6, 6.07) is 10.6. The number of hydrogen-bond donors (Lipinski definition) is 1. The normalized spacial score (nSPS) is 13.2. The summed E-state index contributed by atoms with van der Waals surface area (Å²) in [5, 5.41) is 9.27. The van der Waals surface area contributed by atoms with Gasteiger partial charge in [-0.2, -0.15) is 0 Å². The Morgan fingerprint density at radius 2 is 1.84 bits per heavy atom. The van der Waals surface area contributed by atoms with Crippen LogP contribution in [0.3, 0.4) is 0 Å². The Kier molecular flexibility index (Phi) is 4.79. The number of methoxy groups -OCH3 is 1. The zero-order chi connectivity index (χ0) is 17.8. The number of carboxylic acid groups (broad SMARTS) is 1. The van der Waals surface area contributed by atoms with Crippen LogP contribution in [0.15, 0.2) is 48.9 Å². The molecular formula is C19H18O6. The lowest BCUT2D eigenvalue weighted by Gasteiger charge is -2.19. The van der Waals surface area contributed by atoms with Gasteiger partial charge in [0.2, 0.25) is 0 Å². The number of ether oxygens (including phenoxy) is 4. The summed E-state index contributed by atoms with van der Waals surface area (Å²) < 4.78 is 21.8. The minimum absolute atomic E-state index is 0.156. The average molecular weight is 342 g/mol. The number of benzene rings is 2. The van der Waals surface area contributed by atoms with Gasteiger partial charge in [0, 0.05) is 0 Å². The second-order valence-corrected chi connectivity index (χ2v) is 5.53. The SMILES string of the molecule is COc1ccc(COc2c(C)cc(C(=O)O)cc2C2OC=CO2)cc1. The molecule has 1 aliphatic rings.